The second-order valence-corrected chi connectivity index (χ2v) is 5.07. The van der Waals surface area contributed by atoms with Crippen LogP contribution in [0.2, 0.25) is 10.0 Å². The summed E-state index contributed by atoms with van der Waals surface area (Å²) in [5, 5.41) is 0.583. The summed E-state index contributed by atoms with van der Waals surface area (Å²) < 4.78 is 10.2. The average Bonchev–Trinajstić information content (AvgIpc) is 2.47. The molecule has 0 unspecified atom stereocenters. The Morgan fingerprint density at radius 2 is 1.73 bits per heavy atom. The Morgan fingerprint density at radius 1 is 1.00 bits per heavy atom. The molecular weight excluding hydrogens is 327 g/mol. The third-order valence-corrected chi connectivity index (χ3v) is 3.28. The summed E-state index contributed by atoms with van der Waals surface area (Å²) in [5.74, 6) is -1.14. The molecule has 6 heteroatoms. The van der Waals surface area contributed by atoms with Gasteiger partial charge in [-0.2, -0.15) is 0 Å². The molecule has 0 heterocycles. The van der Waals surface area contributed by atoms with Crippen molar-refractivity contribution in [2.45, 2.75) is 6.92 Å². The highest BCUT2D eigenvalue weighted by Crippen LogP contribution is 2.24. The Balaban J connectivity index is 2.27. The minimum Gasteiger partial charge on any atom is -0.462 e. The number of hydrogen-bond donors (Lipinski definition) is 0. The number of halogens is 2. The minimum atomic E-state index is -0.682. The maximum absolute atomic E-state index is 12.2. The molecule has 0 radical (unpaired) electrons. The van der Waals surface area contributed by atoms with Crippen LogP contribution in [0.5, 0.6) is 5.75 Å². The van der Waals surface area contributed by atoms with Crippen LogP contribution in [-0.2, 0) is 4.74 Å². The number of benzene rings is 2. The maximum atomic E-state index is 12.2. The van der Waals surface area contributed by atoms with E-state index in [2.05, 4.69) is 0 Å². The third kappa shape index (κ3) is 3.78. The second kappa shape index (κ2) is 7.29. The van der Waals surface area contributed by atoms with E-state index < -0.39 is 11.9 Å². The van der Waals surface area contributed by atoms with Crippen LogP contribution in [0.25, 0.3) is 0 Å². The largest absolute Gasteiger partial charge is 0.462 e. The predicted molar refractivity (Wildman–Crippen MR) is 83.8 cm³/mol. The van der Waals surface area contributed by atoms with Crippen LogP contribution in [0.4, 0.5) is 0 Å². The van der Waals surface area contributed by atoms with Crippen LogP contribution in [0.3, 0.4) is 0 Å². The fourth-order valence-electron chi connectivity index (χ4n) is 1.74. The summed E-state index contributed by atoms with van der Waals surface area (Å²) in [4.78, 5) is 24.0. The normalized spacial score (nSPS) is 10.1. The molecule has 2 aromatic carbocycles. The Bertz CT molecular complexity index is 713. The van der Waals surface area contributed by atoms with Crippen molar-refractivity contribution in [2.24, 2.45) is 0 Å². The number of esters is 2. The van der Waals surface area contributed by atoms with Gasteiger partial charge in [0.25, 0.3) is 0 Å². The number of hydrogen-bond acceptors (Lipinski definition) is 4. The Labute approximate surface area is 137 Å². The van der Waals surface area contributed by atoms with Crippen LogP contribution in [0.15, 0.2) is 42.5 Å². The summed E-state index contributed by atoms with van der Waals surface area (Å²) in [6.45, 7) is 1.92. The van der Waals surface area contributed by atoms with Crippen molar-refractivity contribution < 1.29 is 19.1 Å². The van der Waals surface area contributed by atoms with Gasteiger partial charge in [-0.3, -0.25) is 0 Å². The van der Waals surface area contributed by atoms with E-state index in [9.17, 15) is 9.59 Å². The van der Waals surface area contributed by atoms with E-state index in [1.54, 1.807) is 19.1 Å². The van der Waals surface area contributed by atoms with Crippen molar-refractivity contribution in [2.75, 3.05) is 6.61 Å². The fraction of sp³-hybridized carbons (Fsp3) is 0.125. The van der Waals surface area contributed by atoms with Gasteiger partial charge in [0, 0.05) is 5.02 Å². The van der Waals surface area contributed by atoms with Gasteiger partial charge in [-0.1, -0.05) is 35.3 Å². The Kier molecular flexibility index (Phi) is 5.41. The number of carbonyl (C=O) groups excluding carboxylic acids is 2. The molecule has 0 bridgehead atoms. The molecule has 0 fully saturated rings. The van der Waals surface area contributed by atoms with Crippen molar-refractivity contribution in [3.63, 3.8) is 0 Å². The first-order chi connectivity index (χ1) is 10.5. The second-order valence-electron chi connectivity index (χ2n) is 4.23. The standard InChI is InChI=1S/C16H12Cl2O4/c1-2-21-15(19)12-5-3-4-6-14(12)22-16(20)11-8-7-10(17)9-13(11)18/h3-9H,2H2,1H3. The van der Waals surface area contributed by atoms with Crippen LogP contribution in [0, 0.1) is 0 Å². The van der Waals surface area contributed by atoms with Gasteiger partial charge < -0.3 is 9.47 Å². The van der Waals surface area contributed by atoms with E-state index in [-0.39, 0.29) is 28.5 Å². The molecular formula is C16H12Cl2O4. The molecule has 0 atom stereocenters. The molecule has 0 spiro atoms. The Morgan fingerprint density at radius 3 is 2.41 bits per heavy atom. The van der Waals surface area contributed by atoms with Gasteiger partial charge in [0.2, 0.25) is 0 Å². The van der Waals surface area contributed by atoms with E-state index in [1.165, 1.54) is 30.3 Å². The zero-order chi connectivity index (χ0) is 16.1. The molecule has 22 heavy (non-hydrogen) atoms. The van der Waals surface area contributed by atoms with E-state index in [0.717, 1.165) is 0 Å². The lowest BCUT2D eigenvalue weighted by atomic mass is 10.2. The molecule has 0 aromatic heterocycles. The summed E-state index contributed by atoms with van der Waals surface area (Å²) in [5.41, 5.74) is 0.326. The molecule has 0 aliphatic carbocycles. The molecule has 0 amide bonds. The monoisotopic (exact) mass is 338 g/mol. The lowest BCUT2D eigenvalue weighted by Crippen LogP contribution is -2.13. The van der Waals surface area contributed by atoms with Gasteiger partial charge in [-0.25, -0.2) is 9.59 Å². The van der Waals surface area contributed by atoms with Gasteiger partial charge in [0.1, 0.15) is 11.3 Å². The molecule has 0 aliphatic rings. The molecule has 0 saturated carbocycles. The van der Waals surface area contributed by atoms with Gasteiger partial charge in [-0.15, -0.1) is 0 Å². The average molecular weight is 339 g/mol. The number of para-hydroxylation sites is 1. The SMILES string of the molecule is CCOC(=O)c1ccccc1OC(=O)c1ccc(Cl)cc1Cl. The molecule has 0 saturated heterocycles. The van der Waals surface area contributed by atoms with E-state index in [4.69, 9.17) is 32.7 Å². The van der Waals surface area contributed by atoms with Gasteiger partial charge in [0.05, 0.1) is 17.2 Å². The molecule has 2 rings (SSSR count). The summed E-state index contributed by atoms with van der Waals surface area (Å²) in [6.07, 6.45) is 0. The van der Waals surface area contributed by atoms with Crippen LogP contribution >= 0.6 is 23.2 Å². The molecule has 0 N–H and O–H groups in total. The highest BCUT2D eigenvalue weighted by molar-refractivity contribution is 6.36. The van der Waals surface area contributed by atoms with Crippen LogP contribution < -0.4 is 4.74 Å². The number of ether oxygens (including phenoxy) is 2. The zero-order valence-electron chi connectivity index (χ0n) is 11.6. The zero-order valence-corrected chi connectivity index (χ0v) is 13.1. The first-order valence-electron chi connectivity index (χ1n) is 6.46. The first-order valence-corrected chi connectivity index (χ1v) is 7.22. The van der Waals surface area contributed by atoms with Crippen molar-refractivity contribution in [1.82, 2.24) is 0 Å². The number of rotatable bonds is 4. The summed E-state index contributed by atoms with van der Waals surface area (Å²) in [7, 11) is 0. The molecule has 114 valence electrons. The number of carbonyl (C=O) groups is 2. The topological polar surface area (TPSA) is 52.6 Å². The first kappa shape index (κ1) is 16.3. The van der Waals surface area contributed by atoms with E-state index in [0.29, 0.717) is 5.02 Å². The van der Waals surface area contributed by atoms with Gasteiger partial charge in [-0.05, 0) is 37.3 Å². The van der Waals surface area contributed by atoms with E-state index in [1.807, 2.05) is 0 Å². The van der Waals surface area contributed by atoms with Crippen LogP contribution in [0.1, 0.15) is 27.6 Å². The maximum Gasteiger partial charge on any atom is 0.345 e. The predicted octanol–water partition coefficient (Wildman–Crippen LogP) is 4.39. The van der Waals surface area contributed by atoms with Crippen LogP contribution in [-0.4, -0.2) is 18.5 Å². The van der Waals surface area contributed by atoms with Crippen molar-refractivity contribution in [3.8, 4) is 5.75 Å². The van der Waals surface area contributed by atoms with Gasteiger partial charge in [0.15, 0.2) is 0 Å². The summed E-state index contributed by atoms with van der Waals surface area (Å²) >= 11 is 11.8. The minimum absolute atomic E-state index is 0.108. The summed E-state index contributed by atoms with van der Waals surface area (Å²) in [6, 6.07) is 10.8. The molecule has 4 nitrogen and oxygen atoms in total. The lowest BCUT2D eigenvalue weighted by Gasteiger charge is -2.10. The molecule has 0 aliphatic heterocycles. The van der Waals surface area contributed by atoms with E-state index >= 15 is 0 Å². The van der Waals surface area contributed by atoms with Crippen molar-refractivity contribution >= 4 is 35.1 Å². The fourth-order valence-corrected chi connectivity index (χ4v) is 2.23. The van der Waals surface area contributed by atoms with Gasteiger partial charge >= 0.3 is 11.9 Å². The smallest absolute Gasteiger partial charge is 0.345 e. The van der Waals surface area contributed by atoms with Crippen molar-refractivity contribution in [3.05, 3.63) is 63.6 Å². The van der Waals surface area contributed by atoms with Crippen molar-refractivity contribution in [1.29, 1.82) is 0 Å². The highest BCUT2D eigenvalue weighted by atomic mass is 35.5. The lowest BCUT2D eigenvalue weighted by molar-refractivity contribution is 0.0520. The molecule has 2 aromatic rings. The quantitative estimate of drug-likeness (QED) is 0.612. The third-order valence-electron chi connectivity index (χ3n) is 2.74. The Hall–Kier alpha value is -2.04. The highest BCUT2D eigenvalue weighted by Gasteiger charge is 2.18.